The Labute approximate surface area is 146 Å². The minimum absolute atomic E-state index is 0.177. The Kier molecular flexibility index (Phi) is 6.34. The van der Waals surface area contributed by atoms with Crippen molar-refractivity contribution in [2.45, 2.75) is 26.2 Å². The fraction of sp³-hybridized carbons (Fsp3) is 0.444. The monoisotopic (exact) mass is 348 g/mol. The van der Waals surface area contributed by atoms with Crippen LogP contribution in [0.2, 0.25) is 0 Å². The van der Waals surface area contributed by atoms with Gasteiger partial charge in [-0.25, -0.2) is 4.79 Å². The molecule has 1 amide bonds. The SMILES string of the molecule is C=CCN(CC=C)CC(=O)Nc1sc2c(c1C(=O)O)CCC(C)C2. The smallest absolute Gasteiger partial charge is 0.339 e. The molecule has 0 aromatic carbocycles. The molecule has 0 bridgehead atoms. The van der Waals surface area contributed by atoms with Crippen molar-refractivity contribution in [3.05, 3.63) is 41.3 Å². The Balaban J connectivity index is 2.16. The Morgan fingerprint density at radius 1 is 1.38 bits per heavy atom. The first-order chi connectivity index (χ1) is 11.5. The summed E-state index contributed by atoms with van der Waals surface area (Å²) in [6.07, 6.45) is 6.10. The number of fused-ring (bicyclic) bond motifs is 1. The van der Waals surface area contributed by atoms with Crippen LogP contribution in [0, 0.1) is 5.92 Å². The predicted octanol–water partition coefficient (Wildman–Crippen LogP) is 3.18. The Morgan fingerprint density at radius 3 is 2.62 bits per heavy atom. The van der Waals surface area contributed by atoms with Gasteiger partial charge in [0.05, 0.1) is 12.1 Å². The van der Waals surface area contributed by atoms with Gasteiger partial charge in [0.25, 0.3) is 0 Å². The number of nitrogens with zero attached hydrogens (tertiary/aromatic N) is 1. The summed E-state index contributed by atoms with van der Waals surface area (Å²) in [6.45, 7) is 10.9. The van der Waals surface area contributed by atoms with Crippen molar-refractivity contribution in [3.8, 4) is 0 Å². The second-order valence-corrected chi connectivity index (χ2v) is 7.29. The molecule has 0 radical (unpaired) electrons. The van der Waals surface area contributed by atoms with E-state index in [4.69, 9.17) is 0 Å². The number of amides is 1. The molecule has 1 unspecified atom stereocenters. The van der Waals surface area contributed by atoms with E-state index in [1.165, 1.54) is 11.3 Å². The van der Waals surface area contributed by atoms with Gasteiger partial charge in [-0.1, -0.05) is 19.1 Å². The fourth-order valence-electron chi connectivity index (χ4n) is 3.00. The number of anilines is 1. The van der Waals surface area contributed by atoms with E-state index in [1.54, 1.807) is 12.2 Å². The Hall–Kier alpha value is -1.92. The molecule has 130 valence electrons. The zero-order valence-corrected chi connectivity index (χ0v) is 14.8. The van der Waals surface area contributed by atoms with Crippen molar-refractivity contribution in [3.63, 3.8) is 0 Å². The lowest BCUT2D eigenvalue weighted by Crippen LogP contribution is -2.33. The van der Waals surface area contributed by atoms with Gasteiger partial charge >= 0.3 is 5.97 Å². The van der Waals surface area contributed by atoms with Crippen molar-refractivity contribution >= 4 is 28.2 Å². The highest BCUT2D eigenvalue weighted by molar-refractivity contribution is 7.17. The van der Waals surface area contributed by atoms with Gasteiger partial charge in [-0.3, -0.25) is 9.69 Å². The third kappa shape index (κ3) is 4.33. The molecule has 1 aromatic rings. The van der Waals surface area contributed by atoms with E-state index in [2.05, 4.69) is 25.4 Å². The van der Waals surface area contributed by atoms with Gasteiger partial charge in [0, 0.05) is 18.0 Å². The van der Waals surface area contributed by atoms with E-state index in [0.717, 1.165) is 29.7 Å². The number of carbonyl (C=O) groups is 2. The largest absolute Gasteiger partial charge is 0.478 e. The number of nitrogens with one attached hydrogen (secondary N) is 1. The second-order valence-electron chi connectivity index (χ2n) is 6.18. The molecule has 24 heavy (non-hydrogen) atoms. The molecule has 1 aliphatic carbocycles. The second kappa shape index (κ2) is 8.26. The maximum atomic E-state index is 12.3. The van der Waals surface area contributed by atoms with E-state index in [-0.39, 0.29) is 18.0 Å². The maximum Gasteiger partial charge on any atom is 0.339 e. The topological polar surface area (TPSA) is 69.6 Å². The molecule has 0 aliphatic heterocycles. The zero-order valence-electron chi connectivity index (χ0n) is 14.0. The number of rotatable bonds is 8. The molecule has 2 rings (SSSR count). The Bertz CT molecular complexity index is 641. The summed E-state index contributed by atoms with van der Waals surface area (Å²) < 4.78 is 0. The lowest BCUT2D eigenvalue weighted by molar-refractivity contribution is -0.117. The zero-order chi connectivity index (χ0) is 17.7. The number of hydrogen-bond donors (Lipinski definition) is 2. The average molecular weight is 348 g/mol. The van der Waals surface area contributed by atoms with Crippen LogP contribution >= 0.6 is 11.3 Å². The fourth-order valence-corrected chi connectivity index (χ4v) is 4.42. The highest BCUT2D eigenvalue weighted by Gasteiger charge is 2.28. The van der Waals surface area contributed by atoms with Crippen LogP contribution < -0.4 is 5.32 Å². The standard InChI is InChI=1S/C18H24N2O3S/c1-4-8-20(9-5-2)11-15(21)19-17-16(18(22)23)13-7-6-12(3)10-14(13)24-17/h4-5,12H,1-2,6-11H2,3H3,(H,19,21)(H,22,23). The van der Waals surface area contributed by atoms with E-state index in [0.29, 0.717) is 24.0 Å². The highest BCUT2D eigenvalue weighted by atomic mass is 32.1. The number of carboxylic acid groups (broad SMARTS) is 1. The van der Waals surface area contributed by atoms with Crippen molar-refractivity contribution in [1.82, 2.24) is 4.90 Å². The maximum absolute atomic E-state index is 12.3. The van der Waals surface area contributed by atoms with Crippen LogP contribution in [0.15, 0.2) is 25.3 Å². The lowest BCUT2D eigenvalue weighted by atomic mass is 9.88. The number of carbonyl (C=O) groups excluding carboxylic acids is 1. The van der Waals surface area contributed by atoms with Crippen molar-refractivity contribution in [2.75, 3.05) is 25.0 Å². The summed E-state index contributed by atoms with van der Waals surface area (Å²) in [5, 5.41) is 12.8. The quantitative estimate of drug-likeness (QED) is 0.708. The van der Waals surface area contributed by atoms with Gasteiger partial charge < -0.3 is 10.4 Å². The average Bonchev–Trinajstić information content (AvgIpc) is 2.84. The highest BCUT2D eigenvalue weighted by Crippen LogP contribution is 2.39. The van der Waals surface area contributed by atoms with Crippen LogP contribution in [0.4, 0.5) is 5.00 Å². The molecular weight excluding hydrogens is 324 g/mol. The van der Waals surface area contributed by atoms with Crippen molar-refractivity contribution < 1.29 is 14.7 Å². The van der Waals surface area contributed by atoms with Crippen LogP contribution in [-0.4, -0.2) is 41.5 Å². The van der Waals surface area contributed by atoms with Crippen molar-refractivity contribution in [1.29, 1.82) is 0 Å². The molecule has 1 aromatic heterocycles. The van der Waals surface area contributed by atoms with E-state index in [1.807, 2.05) is 4.90 Å². The summed E-state index contributed by atoms with van der Waals surface area (Å²) >= 11 is 1.40. The third-order valence-electron chi connectivity index (χ3n) is 4.12. The molecule has 6 heteroatoms. The van der Waals surface area contributed by atoms with Crippen LogP contribution in [0.25, 0.3) is 0 Å². The molecule has 0 spiro atoms. The number of thiophene rings is 1. The predicted molar refractivity (Wildman–Crippen MR) is 97.9 cm³/mol. The summed E-state index contributed by atoms with van der Waals surface area (Å²) in [6, 6.07) is 0. The first-order valence-electron chi connectivity index (χ1n) is 8.08. The molecule has 1 atom stereocenters. The first kappa shape index (κ1) is 18.4. The van der Waals surface area contributed by atoms with Gasteiger partial charge in [0.1, 0.15) is 5.00 Å². The summed E-state index contributed by atoms with van der Waals surface area (Å²) in [7, 11) is 0. The first-order valence-corrected chi connectivity index (χ1v) is 8.89. The molecule has 0 fully saturated rings. The molecule has 0 saturated heterocycles. The minimum Gasteiger partial charge on any atom is -0.478 e. The summed E-state index contributed by atoms with van der Waals surface area (Å²) in [4.78, 5) is 27.0. The molecule has 0 saturated carbocycles. The van der Waals surface area contributed by atoms with E-state index >= 15 is 0 Å². The van der Waals surface area contributed by atoms with E-state index in [9.17, 15) is 14.7 Å². The normalized spacial score (nSPS) is 16.5. The molecule has 5 nitrogen and oxygen atoms in total. The third-order valence-corrected chi connectivity index (χ3v) is 5.29. The Morgan fingerprint density at radius 2 is 2.04 bits per heavy atom. The van der Waals surface area contributed by atoms with Gasteiger partial charge in [-0.2, -0.15) is 0 Å². The van der Waals surface area contributed by atoms with Crippen LogP contribution in [-0.2, 0) is 17.6 Å². The van der Waals surface area contributed by atoms with Crippen molar-refractivity contribution in [2.24, 2.45) is 5.92 Å². The summed E-state index contributed by atoms with van der Waals surface area (Å²) in [5.41, 5.74) is 1.17. The molecule has 1 heterocycles. The minimum atomic E-state index is -0.966. The van der Waals surface area contributed by atoms with E-state index < -0.39 is 5.97 Å². The van der Waals surface area contributed by atoms with Gasteiger partial charge in [0.15, 0.2) is 0 Å². The van der Waals surface area contributed by atoms with Gasteiger partial charge in [0.2, 0.25) is 5.91 Å². The number of hydrogen-bond acceptors (Lipinski definition) is 4. The molecule has 1 aliphatic rings. The number of carboxylic acids is 1. The summed E-state index contributed by atoms with van der Waals surface area (Å²) in [5.74, 6) is -0.628. The van der Waals surface area contributed by atoms with Crippen LogP contribution in [0.5, 0.6) is 0 Å². The van der Waals surface area contributed by atoms with Crippen LogP contribution in [0.3, 0.4) is 0 Å². The number of aromatic carboxylic acids is 1. The lowest BCUT2D eigenvalue weighted by Gasteiger charge is -2.18. The van der Waals surface area contributed by atoms with Gasteiger partial charge in [-0.15, -0.1) is 24.5 Å². The molecule has 2 N–H and O–H groups in total. The van der Waals surface area contributed by atoms with Crippen LogP contribution in [0.1, 0.15) is 34.1 Å². The molecular formula is C18H24N2O3S. The van der Waals surface area contributed by atoms with Gasteiger partial charge in [-0.05, 0) is 30.7 Å².